The van der Waals surface area contributed by atoms with E-state index in [1.807, 2.05) is 58.1 Å². The monoisotopic (exact) mass is 386 g/mol. The molecule has 0 saturated carbocycles. The summed E-state index contributed by atoms with van der Waals surface area (Å²) < 4.78 is 12.2. The van der Waals surface area contributed by atoms with Gasteiger partial charge >= 0.3 is 5.97 Å². The Balaban J connectivity index is 0.000000209. The highest BCUT2D eigenvalue weighted by atomic mass is 16.6. The minimum atomic E-state index is -0.120. The number of nitrogens with two attached hydrogens (primary N) is 1. The Hall–Kier alpha value is -2.67. The summed E-state index contributed by atoms with van der Waals surface area (Å²) >= 11 is 0. The summed E-state index contributed by atoms with van der Waals surface area (Å²) in [6, 6.07) is 3.99. The van der Waals surface area contributed by atoms with Crippen LogP contribution in [0.3, 0.4) is 0 Å². The molecule has 7 nitrogen and oxygen atoms in total. The van der Waals surface area contributed by atoms with Gasteiger partial charge in [-0.25, -0.2) is 9.50 Å². The van der Waals surface area contributed by atoms with Crippen molar-refractivity contribution in [3.63, 3.8) is 0 Å². The molecule has 0 aromatic carbocycles. The van der Waals surface area contributed by atoms with Crippen LogP contribution in [-0.2, 0) is 14.3 Å². The van der Waals surface area contributed by atoms with Gasteiger partial charge in [0.1, 0.15) is 6.10 Å². The van der Waals surface area contributed by atoms with Gasteiger partial charge < -0.3 is 15.2 Å². The Morgan fingerprint density at radius 3 is 2.86 bits per heavy atom. The van der Waals surface area contributed by atoms with Gasteiger partial charge in [-0.1, -0.05) is 32.1 Å². The van der Waals surface area contributed by atoms with Crippen LogP contribution in [-0.4, -0.2) is 39.9 Å². The van der Waals surface area contributed by atoms with E-state index in [9.17, 15) is 4.79 Å². The van der Waals surface area contributed by atoms with Crippen molar-refractivity contribution in [2.24, 2.45) is 5.92 Å². The summed E-state index contributed by atoms with van der Waals surface area (Å²) in [6.45, 7) is 9.08. The number of allylic oxidation sites excluding steroid dienone is 4. The molecule has 0 spiro atoms. The molecular formula is C21H30N4O3. The molecule has 3 heterocycles. The number of nitrogens with zero attached hydrogens (tertiary/aromatic N) is 3. The lowest BCUT2D eigenvalue weighted by molar-refractivity contribution is -0.158. The average molecular weight is 386 g/mol. The fraction of sp³-hybridized carbons (Fsp3) is 0.476. The van der Waals surface area contributed by atoms with Gasteiger partial charge in [0.15, 0.2) is 0 Å². The number of carbonyl (C=O) groups is 1. The number of esters is 1. The third-order valence-corrected chi connectivity index (χ3v) is 4.23. The number of hydrogen-bond acceptors (Lipinski definition) is 6. The molecule has 1 unspecified atom stereocenters. The van der Waals surface area contributed by atoms with Crippen molar-refractivity contribution >= 4 is 23.0 Å². The highest BCUT2D eigenvalue weighted by Gasteiger charge is 2.19. The van der Waals surface area contributed by atoms with E-state index in [0.717, 1.165) is 36.2 Å². The van der Waals surface area contributed by atoms with Crippen molar-refractivity contribution in [1.29, 1.82) is 0 Å². The molecule has 7 heteroatoms. The predicted molar refractivity (Wildman–Crippen MR) is 111 cm³/mol. The second-order valence-corrected chi connectivity index (χ2v) is 6.98. The van der Waals surface area contributed by atoms with E-state index in [1.54, 1.807) is 10.7 Å². The molecule has 28 heavy (non-hydrogen) atoms. The molecule has 1 saturated heterocycles. The molecule has 0 aliphatic carbocycles. The number of rotatable bonds is 4. The molecule has 0 amide bonds. The molecule has 0 radical (unpaired) electrons. The summed E-state index contributed by atoms with van der Waals surface area (Å²) in [4.78, 5) is 15.1. The molecule has 152 valence electrons. The smallest absolute Gasteiger partial charge is 0.308 e. The minimum Gasteiger partial charge on any atom is -0.460 e. The zero-order valence-corrected chi connectivity index (χ0v) is 17.1. The van der Waals surface area contributed by atoms with Crippen molar-refractivity contribution in [3.05, 3.63) is 42.3 Å². The van der Waals surface area contributed by atoms with Crippen LogP contribution in [0.25, 0.3) is 11.1 Å². The zero-order chi connectivity index (χ0) is 20.5. The third-order valence-electron chi connectivity index (χ3n) is 4.23. The predicted octanol–water partition coefficient (Wildman–Crippen LogP) is 3.66. The fourth-order valence-electron chi connectivity index (χ4n) is 2.64. The van der Waals surface area contributed by atoms with Crippen LogP contribution in [0.15, 0.2) is 36.6 Å². The fourth-order valence-corrected chi connectivity index (χ4v) is 2.64. The maximum Gasteiger partial charge on any atom is 0.308 e. The van der Waals surface area contributed by atoms with Crippen molar-refractivity contribution in [1.82, 2.24) is 14.6 Å². The summed E-state index contributed by atoms with van der Waals surface area (Å²) in [6.07, 6.45) is 9.68. The number of aromatic nitrogens is 3. The standard InChI is InChI=1S/C12H14N4.C9H16O3/c1-3-4-5-9(2)11-7-6-10-8-14-12(13)15-16(10)11;1-7(2)9(10)12-8-4-3-5-11-6-8/h3-8H,1-2H3,(H2,13,15);7-8H,3-6H2,1-2H3/b4-3+,9-5+;. The minimum absolute atomic E-state index is 0.00588. The first kappa shape index (κ1) is 21.6. The van der Waals surface area contributed by atoms with Gasteiger partial charge in [0.05, 0.1) is 29.9 Å². The largest absolute Gasteiger partial charge is 0.460 e. The number of hydrogen-bond donors (Lipinski definition) is 1. The maximum atomic E-state index is 11.1. The number of nitrogen functional groups attached to an aromatic ring is 1. The summed E-state index contributed by atoms with van der Waals surface area (Å²) in [5.41, 5.74) is 8.68. The van der Waals surface area contributed by atoms with Gasteiger partial charge in [-0.3, -0.25) is 4.79 Å². The molecule has 2 aromatic rings. The SMILES string of the molecule is C/C=C/C=C(\C)c1ccc2cnc(N)nn12.CC(C)C(=O)OC1CCCOC1. The second kappa shape index (κ2) is 10.6. The first-order valence-electron chi connectivity index (χ1n) is 9.60. The molecule has 0 bridgehead atoms. The van der Waals surface area contributed by atoms with E-state index in [0.29, 0.717) is 6.61 Å². The molecule has 1 atom stereocenters. The van der Waals surface area contributed by atoms with Gasteiger partial charge in [-0.05, 0) is 44.4 Å². The van der Waals surface area contributed by atoms with E-state index >= 15 is 0 Å². The average Bonchev–Trinajstić information content (AvgIpc) is 3.10. The van der Waals surface area contributed by atoms with Crippen LogP contribution >= 0.6 is 0 Å². The Labute approximate surface area is 166 Å². The molecule has 1 aliphatic rings. The Bertz CT molecular complexity index is 833. The number of carbonyl (C=O) groups excluding carboxylic acids is 1. The Morgan fingerprint density at radius 2 is 2.21 bits per heavy atom. The Kier molecular flexibility index (Phi) is 8.19. The molecular weight excluding hydrogens is 356 g/mol. The van der Waals surface area contributed by atoms with Crippen LogP contribution in [0, 0.1) is 5.92 Å². The molecule has 1 fully saturated rings. The van der Waals surface area contributed by atoms with Crippen molar-refractivity contribution < 1.29 is 14.3 Å². The van der Waals surface area contributed by atoms with E-state index in [2.05, 4.69) is 10.1 Å². The lowest BCUT2D eigenvalue weighted by Crippen LogP contribution is -2.29. The lowest BCUT2D eigenvalue weighted by Gasteiger charge is -2.22. The van der Waals surface area contributed by atoms with Crippen LogP contribution in [0.1, 0.15) is 46.2 Å². The maximum absolute atomic E-state index is 11.1. The van der Waals surface area contributed by atoms with Crippen molar-refractivity contribution in [3.8, 4) is 0 Å². The van der Waals surface area contributed by atoms with Gasteiger partial charge in [0.25, 0.3) is 0 Å². The topological polar surface area (TPSA) is 91.7 Å². The molecule has 2 N–H and O–H groups in total. The van der Waals surface area contributed by atoms with Crippen molar-refractivity contribution in [2.75, 3.05) is 18.9 Å². The Morgan fingerprint density at radius 1 is 1.43 bits per heavy atom. The highest BCUT2D eigenvalue weighted by molar-refractivity contribution is 5.71. The van der Waals surface area contributed by atoms with E-state index < -0.39 is 0 Å². The first-order chi connectivity index (χ1) is 13.4. The van der Waals surface area contributed by atoms with Crippen LogP contribution < -0.4 is 5.73 Å². The third kappa shape index (κ3) is 6.20. The first-order valence-corrected chi connectivity index (χ1v) is 9.60. The number of fused-ring (bicyclic) bond motifs is 1. The van der Waals surface area contributed by atoms with Crippen LogP contribution in [0.5, 0.6) is 0 Å². The van der Waals surface area contributed by atoms with Crippen LogP contribution in [0.2, 0.25) is 0 Å². The zero-order valence-electron chi connectivity index (χ0n) is 17.1. The van der Waals surface area contributed by atoms with Gasteiger partial charge in [-0.2, -0.15) is 0 Å². The summed E-state index contributed by atoms with van der Waals surface area (Å²) in [5.74, 6) is 0.126. The van der Waals surface area contributed by atoms with E-state index in [1.165, 1.54) is 0 Å². The summed E-state index contributed by atoms with van der Waals surface area (Å²) in [7, 11) is 0. The number of ether oxygens (including phenoxy) is 2. The van der Waals surface area contributed by atoms with Crippen LogP contribution in [0.4, 0.5) is 5.95 Å². The van der Waals surface area contributed by atoms with Gasteiger partial charge in [0.2, 0.25) is 5.95 Å². The molecule has 2 aromatic heterocycles. The molecule has 3 rings (SSSR count). The van der Waals surface area contributed by atoms with Crippen molar-refractivity contribution in [2.45, 2.75) is 46.6 Å². The van der Waals surface area contributed by atoms with E-state index in [-0.39, 0.29) is 23.9 Å². The number of anilines is 1. The van der Waals surface area contributed by atoms with E-state index in [4.69, 9.17) is 15.2 Å². The normalized spacial score (nSPS) is 17.6. The van der Waals surface area contributed by atoms with Gasteiger partial charge in [-0.15, -0.1) is 5.10 Å². The molecule has 1 aliphatic heterocycles. The van der Waals surface area contributed by atoms with Gasteiger partial charge in [0, 0.05) is 6.61 Å². The second-order valence-electron chi connectivity index (χ2n) is 6.98. The lowest BCUT2D eigenvalue weighted by atomic mass is 10.1. The summed E-state index contributed by atoms with van der Waals surface area (Å²) in [5, 5.41) is 4.18. The quantitative estimate of drug-likeness (QED) is 0.637. The highest BCUT2D eigenvalue weighted by Crippen LogP contribution is 2.17.